The molecule has 25 heavy (non-hydrogen) atoms. The molecule has 1 N–H and O–H groups in total. The molecule has 1 aliphatic rings. The molecule has 2 rings (SSSR count). The number of pyridine rings is 1. The Labute approximate surface area is 148 Å². The van der Waals surface area contributed by atoms with Gasteiger partial charge in [0, 0.05) is 31.5 Å². The smallest absolute Gasteiger partial charge is 0.255 e. The number of hydrogen-bond donors (Lipinski definition) is 1. The van der Waals surface area contributed by atoms with Gasteiger partial charge in [-0.15, -0.1) is 0 Å². The van der Waals surface area contributed by atoms with Gasteiger partial charge in [-0.05, 0) is 25.3 Å². The second-order valence-electron chi connectivity index (χ2n) is 6.33. The monoisotopic (exact) mass is 367 g/mol. The summed E-state index contributed by atoms with van der Waals surface area (Å²) in [6.45, 7) is 5.33. The minimum absolute atomic E-state index is 0.0361. The highest BCUT2D eigenvalue weighted by molar-refractivity contribution is 7.91. The quantitative estimate of drug-likeness (QED) is 0.783. The van der Waals surface area contributed by atoms with Crippen LogP contribution in [0, 0.1) is 0 Å². The van der Waals surface area contributed by atoms with Crippen molar-refractivity contribution in [2.75, 3.05) is 24.6 Å². The van der Waals surface area contributed by atoms with E-state index >= 15 is 0 Å². The lowest BCUT2D eigenvalue weighted by molar-refractivity contribution is 0.0755. The standard InChI is InChI=1S/C17H25N3O4S/c1-3-6-20(7-4-2)17(22)14-9-13(10-18-11-14)16(21)19-15-5-8-25(23,24)12-15/h9-11,15H,3-8,12H2,1-2H3,(H,19,21). The normalized spacial score (nSPS) is 18.7. The van der Waals surface area contributed by atoms with Crippen molar-refractivity contribution in [1.29, 1.82) is 0 Å². The number of nitrogens with zero attached hydrogens (tertiary/aromatic N) is 2. The highest BCUT2D eigenvalue weighted by Gasteiger charge is 2.29. The predicted molar refractivity (Wildman–Crippen MR) is 95.2 cm³/mol. The second-order valence-corrected chi connectivity index (χ2v) is 8.56. The molecule has 1 aromatic heterocycles. The van der Waals surface area contributed by atoms with E-state index in [0.29, 0.717) is 25.1 Å². The van der Waals surface area contributed by atoms with Crippen LogP contribution in [0.2, 0.25) is 0 Å². The highest BCUT2D eigenvalue weighted by atomic mass is 32.2. The number of sulfone groups is 1. The van der Waals surface area contributed by atoms with Crippen LogP contribution in [0.15, 0.2) is 18.5 Å². The van der Waals surface area contributed by atoms with E-state index in [1.54, 1.807) is 4.90 Å². The summed E-state index contributed by atoms with van der Waals surface area (Å²) in [6.07, 6.45) is 4.98. The maximum absolute atomic E-state index is 12.6. The van der Waals surface area contributed by atoms with Crippen molar-refractivity contribution in [1.82, 2.24) is 15.2 Å². The van der Waals surface area contributed by atoms with E-state index in [2.05, 4.69) is 10.3 Å². The topological polar surface area (TPSA) is 96.4 Å². The van der Waals surface area contributed by atoms with Gasteiger partial charge in [0.2, 0.25) is 0 Å². The van der Waals surface area contributed by atoms with Crippen LogP contribution in [0.1, 0.15) is 53.8 Å². The van der Waals surface area contributed by atoms with Crippen LogP contribution in [0.5, 0.6) is 0 Å². The Bertz CT molecular complexity index is 727. The molecular weight excluding hydrogens is 342 g/mol. The maximum Gasteiger partial charge on any atom is 0.255 e. The van der Waals surface area contributed by atoms with Gasteiger partial charge in [-0.2, -0.15) is 0 Å². The Morgan fingerprint density at radius 1 is 1.20 bits per heavy atom. The summed E-state index contributed by atoms with van der Waals surface area (Å²) in [7, 11) is -3.06. The Hall–Kier alpha value is -1.96. The number of rotatable bonds is 7. The Balaban J connectivity index is 2.09. The lowest BCUT2D eigenvalue weighted by Crippen LogP contribution is -2.36. The summed E-state index contributed by atoms with van der Waals surface area (Å²) in [6, 6.07) is 1.14. The van der Waals surface area contributed by atoms with E-state index in [1.807, 2.05) is 13.8 Å². The van der Waals surface area contributed by atoms with Crippen molar-refractivity contribution in [2.24, 2.45) is 0 Å². The van der Waals surface area contributed by atoms with E-state index < -0.39 is 15.7 Å². The molecule has 0 radical (unpaired) electrons. The molecule has 1 unspecified atom stereocenters. The van der Waals surface area contributed by atoms with E-state index in [9.17, 15) is 18.0 Å². The number of nitrogens with one attached hydrogen (secondary N) is 1. The van der Waals surface area contributed by atoms with Gasteiger partial charge in [0.25, 0.3) is 11.8 Å². The van der Waals surface area contributed by atoms with Crippen LogP contribution in [0.4, 0.5) is 0 Å². The van der Waals surface area contributed by atoms with Gasteiger partial charge in [0.05, 0.1) is 22.6 Å². The number of amides is 2. The molecule has 138 valence electrons. The van der Waals surface area contributed by atoms with Gasteiger partial charge in [-0.25, -0.2) is 8.42 Å². The Morgan fingerprint density at radius 3 is 2.40 bits per heavy atom. The van der Waals surface area contributed by atoms with Gasteiger partial charge in [-0.1, -0.05) is 13.8 Å². The molecule has 0 saturated carbocycles. The SMILES string of the molecule is CCCN(CCC)C(=O)c1cncc(C(=O)NC2CCS(=O)(=O)C2)c1. The first-order chi connectivity index (χ1) is 11.9. The molecule has 2 heterocycles. The molecule has 2 amide bonds. The number of carbonyl (C=O) groups excluding carboxylic acids is 2. The largest absolute Gasteiger partial charge is 0.348 e. The van der Waals surface area contributed by atoms with E-state index in [-0.39, 0.29) is 29.0 Å². The number of hydrogen-bond acceptors (Lipinski definition) is 5. The maximum atomic E-state index is 12.6. The zero-order chi connectivity index (χ0) is 18.4. The first-order valence-corrected chi connectivity index (χ1v) is 10.4. The van der Waals surface area contributed by atoms with Gasteiger partial charge in [-0.3, -0.25) is 14.6 Å². The fraction of sp³-hybridized carbons (Fsp3) is 0.588. The molecule has 0 bridgehead atoms. The molecule has 1 atom stereocenters. The number of carbonyl (C=O) groups is 2. The molecule has 1 aromatic rings. The fourth-order valence-corrected chi connectivity index (χ4v) is 4.57. The molecular formula is C17H25N3O4S. The van der Waals surface area contributed by atoms with Gasteiger partial charge >= 0.3 is 0 Å². The molecule has 0 spiro atoms. The first kappa shape index (κ1) is 19.4. The van der Waals surface area contributed by atoms with Gasteiger partial charge in [0.15, 0.2) is 9.84 Å². The number of aromatic nitrogens is 1. The fourth-order valence-electron chi connectivity index (χ4n) is 2.90. The summed E-state index contributed by atoms with van der Waals surface area (Å²) in [5.74, 6) is -0.486. The minimum Gasteiger partial charge on any atom is -0.348 e. The van der Waals surface area contributed by atoms with Gasteiger partial charge < -0.3 is 10.2 Å². The average Bonchev–Trinajstić information content (AvgIpc) is 2.92. The first-order valence-electron chi connectivity index (χ1n) is 8.62. The zero-order valence-electron chi connectivity index (χ0n) is 14.7. The lowest BCUT2D eigenvalue weighted by Gasteiger charge is -2.21. The molecule has 0 aliphatic carbocycles. The summed E-state index contributed by atoms with van der Waals surface area (Å²) in [4.78, 5) is 30.7. The Kier molecular flexibility index (Phi) is 6.52. The van der Waals surface area contributed by atoms with E-state index in [4.69, 9.17) is 0 Å². The van der Waals surface area contributed by atoms with Crippen molar-refractivity contribution in [3.63, 3.8) is 0 Å². The van der Waals surface area contributed by atoms with E-state index in [0.717, 1.165) is 12.8 Å². The predicted octanol–water partition coefficient (Wildman–Crippen LogP) is 1.26. The van der Waals surface area contributed by atoms with Crippen LogP contribution in [-0.2, 0) is 9.84 Å². The molecule has 1 fully saturated rings. The van der Waals surface area contributed by atoms with Crippen molar-refractivity contribution in [2.45, 2.75) is 39.2 Å². The average molecular weight is 367 g/mol. The Morgan fingerprint density at radius 2 is 1.84 bits per heavy atom. The van der Waals surface area contributed by atoms with Crippen LogP contribution in [0.3, 0.4) is 0 Å². The summed E-state index contributed by atoms with van der Waals surface area (Å²) < 4.78 is 23.0. The summed E-state index contributed by atoms with van der Waals surface area (Å²) >= 11 is 0. The molecule has 1 saturated heterocycles. The summed E-state index contributed by atoms with van der Waals surface area (Å²) in [5, 5.41) is 2.71. The third-order valence-electron chi connectivity index (χ3n) is 4.09. The van der Waals surface area contributed by atoms with Crippen molar-refractivity contribution in [3.05, 3.63) is 29.6 Å². The molecule has 8 heteroatoms. The lowest BCUT2D eigenvalue weighted by atomic mass is 10.1. The van der Waals surface area contributed by atoms with Crippen molar-refractivity contribution >= 4 is 21.7 Å². The van der Waals surface area contributed by atoms with Crippen LogP contribution in [-0.4, -0.2) is 60.8 Å². The third kappa shape index (κ3) is 5.26. The third-order valence-corrected chi connectivity index (χ3v) is 5.86. The molecule has 0 aromatic carbocycles. The van der Waals surface area contributed by atoms with Crippen molar-refractivity contribution < 1.29 is 18.0 Å². The highest BCUT2D eigenvalue weighted by Crippen LogP contribution is 2.13. The van der Waals surface area contributed by atoms with Crippen LogP contribution >= 0.6 is 0 Å². The van der Waals surface area contributed by atoms with Crippen molar-refractivity contribution in [3.8, 4) is 0 Å². The van der Waals surface area contributed by atoms with Crippen LogP contribution in [0.25, 0.3) is 0 Å². The summed E-state index contributed by atoms with van der Waals surface area (Å²) in [5.41, 5.74) is 0.636. The molecule has 1 aliphatic heterocycles. The minimum atomic E-state index is -3.06. The van der Waals surface area contributed by atoms with Crippen LogP contribution < -0.4 is 5.32 Å². The van der Waals surface area contributed by atoms with E-state index in [1.165, 1.54) is 18.5 Å². The zero-order valence-corrected chi connectivity index (χ0v) is 15.5. The second kappa shape index (κ2) is 8.42. The molecule has 7 nitrogen and oxygen atoms in total. The van der Waals surface area contributed by atoms with Gasteiger partial charge in [0.1, 0.15) is 0 Å².